The Morgan fingerprint density at radius 2 is 2.07 bits per heavy atom. The number of phenolic OH excluding ortho intramolecular Hbond substituents is 1. The average Bonchev–Trinajstić information content (AvgIpc) is 2.64. The molecule has 4 N–H and O–H groups in total. The number of H-pyrrole nitrogens is 1. The van der Waals surface area contributed by atoms with Gasteiger partial charge in [0.05, 0.1) is 0 Å². The van der Waals surface area contributed by atoms with Gasteiger partial charge in [-0.05, 0) is 17.7 Å². The standard InChI is InChI=1S/C9H10N4OS/c10-8-11-9(13-12-8)15-5-6-1-3-7(14)4-2-6/h1-4,14H,5H2,(H3,10,11,12,13). The minimum absolute atomic E-state index is 0.269. The molecule has 0 aliphatic carbocycles. The molecule has 0 spiro atoms. The largest absolute Gasteiger partial charge is 0.508 e. The highest BCUT2D eigenvalue weighted by Gasteiger charge is 2.01. The van der Waals surface area contributed by atoms with Gasteiger partial charge in [0, 0.05) is 5.75 Å². The lowest BCUT2D eigenvalue weighted by molar-refractivity contribution is 0.475. The van der Waals surface area contributed by atoms with Gasteiger partial charge in [-0.25, -0.2) is 5.10 Å². The Morgan fingerprint density at radius 3 is 2.67 bits per heavy atom. The van der Waals surface area contributed by atoms with Gasteiger partial charge in [0.15, 0.2) is 0 Å². The smallest absolute Gasteiger partial charge is 0.216 e. The minimum atomic E-state index is 0.269. The van der Waals surface area contributed by atoms with Crippen molar-refractivity contribution in [3.63, 3.8) is 0 Å². The number of nitrogens with two attached hydrogens (primary N) is 1. The van der Waals surface area contributed by atoms with E-state index in [-0.39, 0.29) is 5.75 Å². The van der Waals surface area contributed by atoms with Crippen LogP contribution in [0.5, 0.6) is 5.75 Å². The van der Waals surface area contributed by atoms with E-state index in [0.717, 1.165) is 11.3 Å². The molecule has 5 nitrogen and oxygen atoms in total. The molecule has 0 bridgehead atoms. The molecule has 6 heteroatoms. The van der Waals surface area contributed by atoms with Gasteiger partial charge in [-0.1, -0.05) is 23.9 Å². The molecule has 0 fully saturated rings. The van der Waals surface area contributed by atoms with Gasteiger partial charge in [-0.3, -0.25) is 0 Å². The van der Waals surface area contributed by atoms with Crippen molar-refractivity contribution in [2.75, 3.05) is 5.73 Å². The summed E-state index contributed by atoms with van der Waals surface area (Å²) in [6, 6.07) is 7.03. The third-order valence-corrected chi connectivity index (χ3v) is 2.70. The highest BCUT2D eigenvalue weighted by molar-refractivity contribution is 7.98. The van der Waals surface area contributed by atoms with Gasteiger partial charge < -0.3 is 10.8 Å². The number of aromatic amines is 1. The summed E-state index contributed by atoms with van der Waals surface area (Å²) in [6.07, 6.45) is 0. The average molecular weight is 222 g/mol. The molecule has 0 amide bonds. The molecule has 1 aromatic carbocycles. The summed E-state index contributed by atoms with van der Waals surface area (Å²) in [4.78, 5) is 3.97. The van der Waals surface area contributed by atoms with Gasteiger partial charge in [0.1, 0.15) is 5.75 Å². The van der Waals surface area contributed by atoms with Crippen molar-refractivity contribution >= 4 is 17.7 Å². The Balaban J connectivity index is 1.96. The van der Waals surface area contributed by atoms with Gasteiger partial charge in [-0.15, -0.1) is 5.10 Å². The number of nitrogen functional groups attached to an aromatic ring is 1. The number of aromatic nitrogens is 3. The summed E-state index contributed by atoms with van der Waals surface area (Å²) in [5.74, 6) is 1.34. The van der Waals surface area contributed by atoms with Gasteiger partial charge >= 0.3 is 0 Å². The van der Waals surface area contributed by atoms with Crippen LogP contribution in [-0.4, -0.2) is 20.3 Å². The van der Waals surface area contributed by atoms with Gasteiger partial charge in [0.2, 0.25) is 11.1 Å². The van der Waals surface area contributed by atoms with Crippen LogP contribution in [0.4, 0.5) is 5.95 Å². The quantitative estimate of drug-likeness (QED) is 0.683. The summed E-state index contributed by atoms with van der Waals surface area (Å²) >= 11 is 1.49. The zero-order valence-electron chi connectivity index (χ0n) is 7.84. The Hall–Kier alpha value is -1.69. The maximum Gasteiger partial charge on any atom is 0.216 e. The van der Waals surface area contributed by atoms with Crippen molar-refractivity contribution < 1.29 is 5.11 Å². The third kappa shape index (κ3) is 2.63. The van der Waals surface area contributed by atoms with Crippen LogP contribution in [0.15, 0.2) is 29.4 Å². The van der Waals surface area contributed by atoms with Gasteiger partial charge in [0.25, 0.3) is 0 Å². The van der Waals surface area contributed by atoms with Crippen LogP contribution in [0, 0.1) is 0 Å². The highest BCUT2D eigenvalue weighted by atomic mass is 32.2. The monoisotopic (exact) mass is 222 g/mol. The number of benzene rings is 1. The van der Waals surface area contributed by atoms with Crippen LogP contribution in [0.2, 0.25) is 0 Å². The highest BCUT2D eigenvalue weighted by Crippen LogP contribution is 2.20. The molecule has 1 aromatic heterocycles. The van der Waals surface area contributed by atoms with Crippen LogP contribution < -0.4 is 5.73 Å². The molecule has 15 heavy (non-hydrogen) atoms. The van der Waals surface area contributed by atoms with E-state index in [1.54, 1.807) is 12.1 Å². The lowest BCUT2D eigenvalue weighted by Crippen LogP contribution is -1.85. The number of hydrogen-bond acceptors (Lipinski definition) is 5. The maximum atomic E-state index is 9.09. The second-order valence-corrected chi connectivity index (χ2v) is 3.90. The molecular formula is C9H10N4OS. The first-order valence-electron chi connectivity index (χ1n) is 4.32. The molecule has 78 valence electrons. The summed E-state index contributed by atoms with van der Waals surface area (Å²) < 4.78 is 0. The maximum absolute atomic E-state index is 9.09. The molecule has 1 heterocycles. The molecule has 0 atom stereocenters. The van der Waals surface area contributed by atoms with Crippen molar-refractivity contribution in [3.05, 3.63) is 29.8 Å². The molecule has 2 rings (SSSR count). The molecule has 0 saturated heterocycles. The molecule has 0 aliphatic rings. The van der Waals surface area contributed by atoms with Crippen LogP contribution in [-0.2, 0) is 5.75 Å². The number of hydrogen-bond donors (Lipinski definition) is 3. The number of rotatable bonds is 3. The molecule has 0 saturated carbocycles. The number of phenols is 1. The number of anilines is 1. The number of nitrogens with one attached hydrogen (secondary N) is 1. The normalized spacial score (nSPS) is 10.4. The lowest BCUT2D eigenvalue weighted by atomic mass is 10.2. The third-order valence-electron chi connectivity index (χ3n) is 1.79. The summed E-state index contributed by atoms with van der Waals surface area (Å²) in [6.45, 7) is 0. The number of nitrogens with zero attached hydrogens (tertiary/aromatic N) is 2. The topological polar surface area (TPSA) is 87.8 Å². The first-order chi connectivity index (χ1) is 7.24. The molecule has 0 unspecified atom stereocenters. The SMILES string of the molecule is Nc1nc(SCc2ccc(O)cc2)n[nH]1. The fraction of sp³-hybridized carbons (Fsp3) is 0.111. The Labute approximate surface area is 90.7 Å². The van der Waals surface area contributed by atoms with Crippen molar-refractivity contribution in [3.8, 4) is 5.75 Å². The van der Waals surface area contributed by atoms with Crippen molar-refractivity contribution in [1.29, 1.82) is 0 Å². The van der Waals surface area contributed by atoms with E-state index in [9.17, 15) is 0 Å². The van der Waals surface area contributed by atoms with Crippen LogP contribution in [0.25, 0.3) is 0 Å². The Kier molecular flexibility index (Phi) is 2.77. The second kappa shape index (κ2) is 4.22. The van der Waals surface area contributed by atoms with Crippen LogP contribution in [0.1, 0.15) is 5.56 Å². The van der Waals surface area contributed by atoms with Crippen LogP contribution >= 0.6 is 11.8 Å². The zero-order chi connectivity index (χ0) is 10.7. The van der Waals surface area contributed by atoms with Crippen molar-refractivity contribution in [2.24, 2.45) is 0 Å². The summed E-state index contributed by atoms with van der Waals surface area (Å²) in [7, 11) is 0. The predicted octanol–water partition coefficient (Wildman–Crippen LogP) is 1.38. The second-order valence-electron chi connectivity index (χ2n) is 2.96. The fourth-order valence-electron chi connectivity index (χ4n) is 1.06. The molecular weight excluding hydrogens is 212 g/mol. The first-order valence-corrected chi connectivity index (χ1v) is 5.31. The lowest BCUT2D eigenvalue weighted by Gasteiger charge is -1.98. The summed E-state index contributed by atoms with van der Waals surface area (Å²) in [5, 5.41) is 16.2. The van der Waals surface area contributed by atoms with E-state index in [0.29, 0.717) is 11.1 Å². The number of aromatic hydroxyl groups is 1. The summed E-state index contributed by atoms with van der Waals surface area (Å²) in [5.41, 5.74) is 6.49. The number of thioether (sulfide) groups is 1. The van der Waals surface area contributed by atoms with Crippen molar-refractivity contribution in [2.45, 2.75) is 10.9 Å². The van der Waals surface area contributed by atoms with E-state index in [1.165, 1.54) is 11.8 Å². The van der Waals surface area contributed by atoms with E-state index in [1.807, 2.05) is 12.1 Å². The molecule has 0 aliphatic heterocycles. The predicted molar refractivity (Wildman–Crippen MR) is 58.5 cm³/mol. The molecule has 0 radical (unpaired) electrons. The minimum Gasteiger partial charge on any atom is -0.508 e. The fourth-order valence-corrected chi connectivity index (χ4v) is 1.82. The van der Waals surface area contributed by atoms with E-state index >= 15 is 0 Å². The first kappa shape index (κ1) is 9.85. The van der Waals surface area contributed by atoms with E-state index in [2.05, 4.69) is 15.2 Å². The Morgan fingerprint density at radius 1 is 1.33 bits per heavy atom. The van der Waals surface area contributed by atoms with E-state index in [4.69, 9.17) is 10.8 Å². The van der Waals surface area contributed by atoms with Crippen molar-refractivity contribution in [1.82, 2.24) is 15.2 Å². The molecule has 2 aromatic rings. The zero-order valence-corrected chi connectivity index (χ0v) is 8.66. The van der Waals surface area contributed by atoms with Crippen LogP contribution in [0.3, 0.4) is 0 Å². The Bertz CT molecular complexity index is 440. The van der Waals surface area contributed by atoms with E-state index < -0.39 is 0 Å². The van der Waals surface area contributed by atoms with Gasteiger partial charge in [-0.2, -0.15) is 4.98 Å².